The molecule has 0 aromatic heterocycles. The maximum atomic E-state index is 12.4. The van der Waals surface area contributed by atoms with Crippen LogP contribution in [0.3, 0.4) is 0 Å². The van der Waals surface area contributed by atoms with E-state index in [2.05, 4.69) is 4.74 Å². The van der Waals surface area contributed by atoms with E-state index in [0.29, 0.717) is 0 Å². The van der Waals surface area contributed by atoms with Crippen LogP contribution in [0.25, 0.3) is 0 Å². The summed E-state index contributed by atoms with van der Waals surface area (Å²) in [4.78, 5) is 0. The van der Waals surface area contributed by atoms with Gasteiger partial charge in [0.15, 0.2) is 0 Å². The molecule has 0 aromatic rings. The van der Waals surface area contributed by atoms with Gasteiger partial charge in [-0.1, -0.05) is 0 Å². The Morgan fingerprint density at radius 1 is 0.882 bits per heavy atom. The largest absolute Gasteiger partial charge is 0.421 e. The summed E-state index contributed by atoms with van der Waals surface area (Å²) in [5.74, 6) is -4.39. The molecule has 104 valence electrons. The highest BCUT2D eigenvalue weighted by atomic mass is 19.4. The van der Waals surface area contributed by atoms with E-state index in [9.17, 15) is 39.5 Å². The lowest BCUT2D eigenvalue weighted by Gasteiger charge is -2.19. The Morgan fingerprint density at radius 2 is 1.35 bits per heavy atom. The van der Waals surface area contributed by atoms with Crippen LogP contribution < -0.4 is 0 Å². The SMILES string of the molecule is FC(COCC(F)(F)CC(F)(F)F)C(F)(F)F. The van der Waals surface area contributed by atoms with Gasteiger partial charge in [0.25, 0.3) is 5.92 Å². The molecule has 0 saturated carbocycles. The molecule has 0 amide bonds. The van der Waals surface area contributed by atoms with E-state index in [0.717, 1.165) is 0 Å². The molecule has 0 N–H and O–H groups in total. The predicted octanol–water partition coefficient (Wildman–Crippen LogP) is 3.49. The van der Waals surface area contributed by atoms with Gasteiger partial charge < -0.3 is 4.74 Å². The molecule has 0 radical (unpaired) electrons. The highest BCUT2D eigenvalue weighted by Gasteiger charge is 2.45. The van der Waals surface area contributed by atoms with Crippen LogP contribution in [0.15, 0.2) is 0 Å². The second-order valence-electron chi connectivity index (χ2n) is 3.17. The molecule has 0 rings (SSSR count). The summed E-state index contributed by atoms with van der Waals surface area (Å²) >= 11 is 0. The van der Waals surface area contributed by atoms with Crippen molar-refractivity contribution in [2.45, 2.75) is 30.9 Å². The van der Waals surface area contributed by atoms with E-state index < -0.39 is 44.1 Å². The van der Waals surface area contributed by atoms with E-state index in [4.69, 9.17) is 0 Å². The van der Waals surface area contributed by atoms with Gasteiger partial charge in [-0.05, 0) is 0 Å². The molecule has 0 spiro atoms. The van der Waals surface area contributed by atoms with Crippen LogP contribution in [0.5, 0.6) is 0 Å². The number of ether oxygens (including phenoxy) is 1. The summed E-state index contributed by atoms with van der Waals surface area (Å²) < 4.78 is 110. The van der Waals surface area contributed by atoms with Gasteiger partial charge in [-0.15, -0.1) is 0 Å². The quantitative estimate of drug-likeness (QED) is 0.699. The van der Waals surface area contributed by atoms with E-state index in [1.165, 1.54) is 0 Å². The van der Waals surface area contributed by atoms with Crippen molar-refractivity contribution in [2.24, 2.45) is 0 Å². The van der Waals surface area contributed by atoms with Crippen LogP contribution in [0.1, 0.15) is 6.42 Å². The number of hydrogen-bond acceptors (Lipinski definition) is 1. The summed E-state index contributed by atoms with van der Waals surface area (Å²) in [7, 11) is 0. The Morgan fingerprint density at radius 3 is 1.71 bits per heavy atom. The third-order valence-corrected chi connectivity index (χ3v) is 1.39. The normalized spacial score (nSPS) is 16.1. The molecule has 1 nitrogen and oxygen atoms in total. The zero-order valence-corrected chi connectivity index (χ0v) is 8.01. The summed E-state index contributed by atoms with van der Waals surface area (Å²) in [6, 6.07) is 0. The summed E-state index contributed by atoms with van der Waals surface area (Å²) in [6.07, 6.45) is -16.5. The third kappa shape index (κ3) is 8.11. The van der Waals surface area contributed by atoms with Gasteiger partial charge in [0, 0.05) is 0 Å². The molecular weight excluding hydrogens is 271 g/mol. The lowest BCUT2D eigenvalue weighted by molar-refractivity contribution is -0.218. The van der Waals surface area contributed by atoms with Gasteiger partial charge in [-0.25, -0.2) is 13.2 Å². The minimum atomic E-state index is -5.29. The molecular formula is C7H7F9O. The second-order valence-corrected chi connectivity index (χ2v) is 3.17. The lowest BCUT2D eigenvalue weighted by Crippen LogP contribution is -2.34. The Kier molecular flexibility index (Phi) is 5.11. The average Bonchev–Trinajstić information content (AvgIpc) is 1.96. The topological polar surface area (TPSA) is 9.23 Å². The highest BCUT2D eigenvalue weighted by Crippen LogP contribution is 2.32. The summed E-state index contributed by atoms with van der Waals surface area (Å²) in [5, 5.41) is 0. The molecule has 0 fully saturated rings. The first kappa shape index (κ1) is 16.3. The number of alkyl halides is 9. The Hall–Kier alpha value is -0.670. The number of rotatable bonds is 5. The van der Waals surface area contributed by atoms with Crippen LogP contribution in [-0.4, -0.2) is 37.7 Å². The summed E-state index contributed by atoms with van der Waals surface area (Å²) in [6.45, 7) is -3.69. The van der Waals surface area contributed by atoms with Crippen LogP contribution in [0, 0.1) is 0 Å². The van der Waals surface area contributed by atoms with Gasteiger partial charge in [0.2, 0.25) is 6.17 Å². The molecule has 0 heterocycles. The second kappa shape index (κ2) is 5.32. The fraction of sp³-hybridized carbons (Fsp3) is 1.00. The number of halogens is 9. The van der Waals surface area contributed by atoms with Crippen molar-refractivity contribution in [3.63, 3.8) is 0 Å². The first-order chi connectivity index (χ1) is 7.33. The maximum Gasteiger partial charge on any atom is 0.421 e. The van der Waals surface area contributed by atoms with Crippen molar-refractivity contribution in [2.75, 3.05) is 13.2 Å². The van der Waals surface area contributed by atoms with Crippen LogP contribution in [-0.2, 0) is 4.74 Å². The Balaban J connectivity index is 4.04. The van der Waals surface area contributed by atoms with E-state index in [1.807, 2.05) is 0 Å². The van der Waals surface area contributed by atoms with Crippen LogP contribution >= 0.6 is 0 Å². The maximum absolute atomic E-state index is 12.4. The van der Waals surface area contributed by atoms with Crippen LogP contribution in [0.4, 0.5) is 39.5 Å². The molecule has 0 aliphatic rings. The molecule has 1 unspecified atom stereocenters. The van der Waals surface area contributed by atoms with Crippen molar-refractivity contribution < 1.29 is 44.3 Å². The zero-order chi connectivity index (χ0) is 13.9. The van der Waals surface area contributed by atoms with Gasteiger partial charge in [0.05, 0.1) is 6.61 Å². The van der Waals surface area contributed by atoms with Gasteiger partial charge in [-0.3, -0.25) is 0 Å². The molecule has 10 heteroatoms. The average molecular weight is 278 g/mol. The van der Waals surface area contributed by atoms with Crippen molar-refractivity contribution in [1.82, 2.24) is 0 Å². The first-order valence-corrected chi connectivity index (χ1v) is 4.07. The Bertz CT molecular complexity index is 230. The number of hydrogen-bond donors (Lipinski definition) is 0. The minimum absolute atomic E-state index is 1.77. The molecule has 1 atom stereocenters. The van der Waals surface area contributed by atoms with Crippen molar-refractivity contribution in [1.29, 1.82) is 0 Å². The zero-order valence-electron chi connectivity index (χ0n) is 8.01. The van der Waals surface area contributed by atoms with Crippen molar-refractivity contribution >= 4 is 0 Å². The fourth-order valence-corrected chi connectivity index (χ4v) is 0.750. The summed E-state index contributed by atoms with van der Waals surface area (Å²) in [5.41, 5.74) is 0. The minimum Gasteiger partial charge on any atom is -0.372 e. The van der Waals surface area contributed by atoms with Gasteiger partial charge in [-0.2, -0.15) is 26.3 Å². The molecule has 0 saturated heterocycles. The third-order valence-electron chi connectivity index (χ3n) is 1.39. The van der Waals surface area contributed by atoms with Gasteiger partial charge >= 0.3 is 12.4 Å². The smallest absolute Gasteiger partial charge is 0.372 e. The standard InChI is InChI=1S/C7H7F9O/c8-4(7(14,15)16)1-17-3-5(9,10)2-6(11,12)13/h4H,1-3H2. The molecule has 0 aliphatic heterocycles. The van der Waals surface area contributed by atoms with E-state index in [-0.39, 0.29) is 0 Å². The Labute approximate surface area is 89.5 Å². The fourth-order valence-electron chi connectivity index (χ4n) is 0.750. The molecule has 17 heavy (non-hydrogen) atoms. The van der Waals surface area contributed by atoms with Crippen molar-refractivity contribution in [3.8, 4) is 0 Å². The van der Waals surface area contributed by atoms with Crippen LogP contribution in [0.2, 0.25) is 0 Å². The van der Waals surface area contributed by atoms with E-state index in [1.54, 1.807) is 0 Å². The molecule has 0 aromatic carbocycles. The molecule has 0 aliphatic carbocycles. The lowest BCUT2D eigenvalue weighted by atomic mass is 10.2. The highest BCUT2D eigenvalue weighted by molar-refractivity contribution is 4.71. The first-order valence-electron chi connectivity index (χ1n) is 4.07. The van der Waals surface area contributed by atoms with E-state index >= 15 is 0 Å². The molecule has 0 bridgehead atoms. The van der Waals surface area contributed by atoms with Gasteiger partial charge in [0.1, 0.15) is 13.0 Å². The monoisotopic (exact) mass is 278 g/mol. The van der Waals surface area contributed by atoms with Crippen molar-refractivity contribution in [3.05, 3.63) is 0 Å². The predicted molar refractivity (Wildman–Crippen MR) is 37.4 cm³/mol.